The van der Waals surface area contributed by atoms with Crippen LogP contribution in [0.15, 0.2) is 50.8 Å². The number of nitrogens with zero attached hydrogens (tertiary/aromatic N) is 1. The number of furan rings is 1. The van der Waals surface area contributed by atoms with Crippen LogP contribution in [-0.4, -0.2) is 32.7 Å². The molecule has 3 N–H and O–H groups in total. The van der Waals surface area contributed by atoms with E-state index >= 15 is 0 Å². The van der Waals surface area contributed by atoms with Crippen molar-refractivity contribution in [3.05, 3.63) is 42.2 Å². The fraction of sp³-hybridized carbons (Fsp3) is 0.133. The quantitative estimate of drug-likeness (QED) is 0.526. The molecule has 1 heterocycles. The Morgan fingerprint density at radius 2 is 2.00 bits per heavy atom. The van der Waals surface area contributed by atoms with Gasteiger partial charge in [-0.25, -0.2) is 18.4 Å². The maximum atomic E-state index is 11.9. The number of benzene rings is 1. The van der Waals surface area contributed by atoms with Crippen molar-refractivity contribution in [3.63, 3.8) is 0 Å². The van der Waals surface area contributed by atoms with E-state index in [2.05, 4.69) is 5.32 Å². The Morgan fingerprint density at radius 1 is 1.27 bits per heavy atom. The van der Waals surface area contributed by atoms with E-state index in [1.165, 1.54) is 11.8 Å². The predicted octanol–water partition coefficient (Wildman–Crippen LogP) is 1.34. The Hall–Kier alpha value is -2.81. The van der Waals surface area contributed by atoms with Gasteiger partial charge < -0.3 is 14.5 Å². The first kappa shape index (κ1) is 19.5. The average Bonchev–Trinajstić information content (AvgIpc) is 3.09. The van der Waals surface area contributed by atoms with E-state index in [0.29, 0.717) is 10.6 Å². The fourth-order valence-electron chi connectivity index (χ4n) is 1.78. The SMILES string of the molecule is N#CCSc1ccccc1NC(=O)COC(=O)c1ccc(S(N)(=O)=O)o1. The summed E-state index contributed by atoms with van der Waals surface area (Å²) in [4.78, 5) is 24.4. The van der Waals surface area contributed by atoms with Crippen LogP contribution < -0.4 is 10.5 Å². The molecule has 0 aliphatic carbocycles. The van der Waals surface area contributed by atoms with E-state index in [0.717, 1.165) is 12.1 Å². The Labute approximate surface area is 153 Å². The Morgan fingerprint density at radius 3 is 2.65 bits per heavy atom. The zero-order valence-electron chi connectivity index (χ0n) is 13.2. The van der Waals surface area contributed by atoms with Crippen LogP contribution in [0.3, 0.4) is 0 Å². The largest absolute Gasteiger partial charge is 0.450 e. The van der Waals surface area contributed by atoms with Gasteiger partial charge in [0, 0.05) is 4.90 Å². The van der Waals surface area contributed by atoms with Crippen LogP contribution in [-0.2, 0) is 19.6 Å². The molecule has 0 aliphatic rings. The summed E-state index contributed by atoms with van der Waals surface area (Å²) in [5.74, 6) is -1.80. The third kappa shape index (κ3) is 5.35. The zero-order valence-corrected chi connectivity index (χ0v) is 14.8. The highest BCUT2D eigenvalue weighted by Gasteiger charge is 2.19. The first-order chi connectivity index (χ1) is 12.3. The number of nitriles is 1. The summed E-state index contributed by atoms with van der Waals surface area (Å²) in [5, 5.41) is 15.5. The van der Waals surface area contributed by atoms with Gasteiger partial charge in [-0.2, -0.15) is 5.26 Å². The Bertz CT molecular complexity index is 962. The van der Waals surface area contributed by atoms with Crippen LogP contribution in [0.1, 0.15) is 10.6 Å². The standard InChI is InChI=1S/C15H13N3O6S2/c16-7-8-25-12-4-2-1-3-10(12)18-13(19)9-23-15(20)11-5-6-14(24-11)26(17,21)22/h1-6H,8-9H2,(H,18,19)(H2,17,21,22). The predicted molar refractivity (Wildman–Crippen MR) is 91.8 cm³/mol. The van der Waals surface area contributed by atoms with Crippen molar-refractivity contribution in [1.82, 2.24) is 0 Å². The third-order valence-electron chi connectivity index (χ3n) is 2.85. The molecule has 0 saturated carbocycles. The van der Waals surface area contributed by atoms with Crippen molar-refractivity contribution in [2.24, 2.45) is 5.14 Å². The van der Waals surface area contributed by atoms with E-state index in [1.54, 1.807) is 24.3 Å². The van der Waals surface area contributed by atoms with Crippen LogP contribution in [0.5, 0.6) is 0 Å². The molecule has 1 aromatic heterocycles. The highest BCUT2D eigenvalue weighted by atomic mass is 32.2. The van der Waals surface area contributed by atoms with Gasteiger partial charge >= 0.3 is 5.97 Å². The molecule has 1 amide bonds. The number of nitrogens with two attached hydrogens (primary N) is 1. The summed E-state index contributed by atoms with van der Waals surface area (Å²) in [5.41, 5.74) is 0.475. The summed E-state index contributed by atoms with van der Waals surface area (Å²) in [7, 11) is -4.08. The Kier molecular flexibility index (Phi) is 6.40. The monoisotopic (exact) mass is 395 g/mol. The second kappa shape index (κ2) is 8.52. The second-order valence-electron chi connectivity index (χ2n) is 4.73. The van der Waals surface area contributed by atoms with Crippen molar-refractivity contribution >= 4 is 39.3 Å². The second-order valence-corrected chi connectivity index (χ2v) is 7.24. The summed E-state index contributed by atoms with van der Waals surface area (Å²) >= 11 is 1.25. The number of rotatable bonds is 7. The molecule has 0 radical (unpaired) electrons. The number of sulfonamides is 1. The maximum Gasteiger partial charge on any atom is 0.374 e. The first-order valence-electron chi connectivity index (χ1n) is 6.99. The number of carbonyl (C=O) groups is 2. The van der Waals surface area contributed by atoms with Crippen LogP contribution in [0, 0.1) is 11.3 Å². The van der Waals surface area contributed by atoms with Crippen LogP contribution in [0.25, 0.3) is 0 Å². The van der Waals surface area contributed by atoms with Gasteiger partial charge in [0.05, 0.1) is 17.5 Å². The number of esters is 1. The van der Waals surface area contributed by atoms with Gasteiger partial charge in [0.1, 0.15) is 0 Å². The van der Waals surface area contributed by atoms with Crippen molar-refractivity contribution < 1.29 is 27.2 Å². The summed E-state index contributed by atoms with van der Waals surface area (Å²) < 4.78 is 31.7. The minimum atomic E-state index is -4.08. The zero-order chi connectivity index (χ0) is 19.2. The number of anilines is 1. The van der Waals surface area contributed by atoms with Gasteiger partial charge in [0.2, 0.25) is 10.9 Å². The number of thioether (sulfide) groups is 1. The minimum absolute atomic E-state index is 0.215. The molecule has 0 bridgehead atoms. The van der Waals surface area contributed by atoms with Gasteiger partial charge in [0.25, 0.3) is 15.9 Å². The molecule has 26 heavy (non-hydrogen) atoms. The number of hydrogen-bond acceptors (Lipinski definition) is 8. The number of primary sulfonamides is 1. The number of ether oxygens (including phenoxy) is 1. The van der Waals surface area contributed by atoms with Crippen molar-refractivity contribution in [2.45, 2.75) is 9.99 Å². The van der Waals surface area contributed by atoms with Crippen LogP contribution in [0.4, 0.5) is 5.69 Å². The van der Waals surface area contributed by atoms with E-state index in [9.17, 15) is 18.0 Å². The van der Waals surface area contributed by atoms with Gasteiger partial charge in [-0.1, -0.05) is 12.1 Å². The molecule has 0 atom stereocenters. The Balaban J connectivity index is 1.94. The van der Waals surface area contributed by atoms with E-state index in [-0.39, 0.29) is 5.75 Å². The smallest absolute Gasteiger partial charge is 0.374 e. The number of amides is 1. The fourth-order valence-corrected chi connectivity index (χ4v) is 2.91. The summed E-state index contributed by atoms with van der Waals surface area (Å²) in [6, 6.07) is 10.9. The molecule has 2 aromatic rings. The molecule has 9 nitrogen and oxygen atoms in total. The third-order valence-corrected chi connectivity index (χ3v) is 4.57. The van der Waals surface area contributed by atoms with Crippen molar-refractivity contribution in [1.29, 1.82) is 5.26 Å². The number of carbonyl (C=O) groups excluding carboxylic acids is 2. The molecular formula is C15H13N3O6S2. The van der Waals surface area contributed by atoms with Gasteiger partial charge in [-0.3, -0.25) is 4.79 Å². The molecule has 136 valence electrons. The molecule has 0 spiro atoms. The number of para-hydroxylation sites is 1. The van der Waals surface area contributed by atoms with E-state index < -0.39 is 39.4 Å². The van der Waals surface area contributed by atoms with Crippen molar-refractivity contribution in [2.75, 3.05) is 17.7 Å². The summed E-state index contributed by atoms with van der Waals surface area (Å²) in [6.07, 6.45) is 0. The molecule has 0 fully saturated rings. The van der Waals surface area contributed by atoms with Crippen LogP contribution in [0.2, 0.25) is 0 Å². The molecule has 2 rings (SSSR count). The topological polar surface area (TPSA) is 152 Å². The normalized spacial score (nSPS) is 10.8. The van der Waals surface area contributed by atoms with Gasteiger partial charge in [-0.05, 0) is 24.3 Å². The van der Waals surface area contributed by atoms with Crippen molar-refractivity contribution in [3.8, 4) is 6.07 Å². The molecular weight excluding hydrogens is 382 g/mol. The lowest BCUT2D eigenvalue weighted by atomic mass is 10.3. The highest BCUT2D eigenvalue weighted by Crippen LogP contribution is 2.26. The maximum absolute atomic E-state index is 11.9. The minimum Gasteiger partial charge on any atom is -0.450 e. The van der Waals surface area contributed by atoms with E-state index in [4.69, 9.17) is 19.6 Å². The van der Waals surface area contributed by atoms with Crippen LogP contribution >= 0.6 is 11.8 Å². The molecule has 11 heteroatoms. The number of hydrogen-bond donors (Lipinski definition) is 2. The molecule has 0 unspecified atom stereocenters. The average molecular weight is 395 g/mol. The van der Waals surface area contributed by atoms with E-state index in [1.807, 2.05) is 6.07 Å². The summed E-state index contributed by atoms with van der Waals surface area (Å²) in [6.45, 7) is -0.610. The molecule has 0 saturated heterocycles. The lowest BCUT2D eigenvalue weighted by Crippen LogP contribution is -2.21. The number of nitrogens with one attached hydrogen (secondary N) is 1. The first-order valence-corrected chi connectivity index (χ1v) is 9.53. The molecule has 0 aliphatic heterocycles. The molecule has 1 aromatic carbocycles. The lowest BCUT2D eigenvalue weighted by Gasteiger charge is -2.09. The van der Waals surface area contributed by atoms with Gasteiger partial charge in [-0.15, -0.1) is 11.8 Å². The highest BCUT2D eigenvalue weighted by molar-refractivity contribution is 7.99. The lowest BCUT2D eigenvalue weighted by molar-refractivity contribution is -0.119. The van der Waals surface area contributed by atoms with Gasteiger partial charge in [0.15, 0.2) is 6.61 Å².